The largest absolute Gasteiger partial charge is 0.493 e. The summed E-state index contributed by atoms with van der Waals surface area (Å²) < 4.78 is 41.6. The van der Waals surface area contributed by atoms with E-state index in [1.54, 1.807) is 42.6 Å². The zero-order valence-corrected chi connectivity index (χ0v) is 24.8. The van der Waals surface area contributed by atoms with E-state index < -0.39 is 22.5 Å². The summed E-state index contributed by atoms with van der Waals surface area (Å²) >= 11 is 0. The van der Waals surface area contributed by atoms with Crippen molar-refractivity contribution >= 4 is 21.5 Å². The first-order valence-corrected chi connectivity index (χ1v) is 15.6. The maximum Gasteiger partial charge on any atom is 0.321 e. The Balaban J connectivity index is 1.62. The molecule has 1 aliphatic carbocycles. The molecule has 2 aromatic carbocycles. The molecule has 0 aliphatic heterocycles. The number of aromatic nitrogens is 4. The maximum atomic E-state index is 14.0. The Hall–Kier alpha value is -4.03. The van der Waals surface area contributed by atoms with Crippen LogP contribution in [0.3, 0.4) is 0 Å². The summed E-state index contributed by atoms with van der Waals surface area (Å²) in [5, 5.41) is 4.76. The van der Waals surface area contributed by atoms with E-state index in [4.69, 9.17) is 19.6 Å². The number of nitrogens with zero attached hydrogens (tertiary/aromatic N) is 4. The van der Waals surface area contributed by atoms with Gasteiger partial charge in [0.15, 0.2) is 11.3 Å². The minimum absolute atomic E-state index is 0.0371. The number of hydrogen-bond acceptors (Lipinski definition) is 8. The number of ether oxygens (including phenoxy) is 2. The molecule has 0 saturated heterocycles. The Morgan fingerprint density at radius 3 is 2.52 bits per heavy atom. The molecular weight excluding hydrogens is 558 g/mol. The molecule has 0 radical (unpaired) electrons. The van der Waals surface area contributed by atoms with Gasteiger partial charge in [0, 0.05) is 12.5 Å². The summed E-state index contributed by atoms with van der Waals surface area (Å²) in [6.07, 6.45) is 4.12. The molecular formula is C30H35N5O6S. The number of carbonyl (C=O) groups excluding carboxylic acids is 1. The second-order valence-corrected chi connectivity index (χ2v) is 12.2. The van der Waals surface area contributed by atoms with Crippen molar-refractivity contribution in [3.05, 3.63) is 76.0 Å². The first kappa shape index (κ1) is 29.5. The maximum absolute atomic E-state index is 14.0. The zero-order valence-electron chi connectivity index (χ0n) is 24.0. The van der Waals surface area contributed by atoms with Crippen molar-refractivity contribution in [1.29, 1.82) is 0 Å². The third-order valence-corrected chi connectivity index (χ3v) is 9.17. The SMILES string of the molecule is CCOC(=O)CN(Cc1ccccc1)S(=O)(=O)c1ccc(OCC)c(-c2nn3c(C4CCCC4)nc(C)c3c(=O)[nH]2)c1. The minimum Gasteiger partial charge on any atom is -0.493 e. The van der Waals surface area contributed by atoms with E-state index in [1.165, 1.54) is 18.2 Å². The van der Waals surface area contributed by atoms with Crippen LogP contribution in [0.4, 0.5) is 0 Å². The third-order valence-electron chi connectivity index (χ3n) is 7.38. The molecule has 0 bridgehead atoms. The first-order chi connectivity index (χ1) is 20.2. The van der Waals surface area contributed by atoms with Crippen LogP contribution in [0.2, 0.25) is 0 Å². The van der Waals surface area contributed by atoms with Gasteiger partial charge in [-0.2, -0.15) is 4.31 Å². The van der Waals surface area contributed by atoms with E-state index in [9.17, 15) is 18.0 Å². The highest BCUT2D eigenvalue weighted by atomic mass is 32.2. The molecule has 11 nitrogen and oxygen atoms in total. The summed E-state index contributed by atoms with van der Waals surface area (Å²) in [6.45, 7) is 5.20. The van der Waals surface area contributed by atoms with Gasteiger partial charge in [0.25, 0.3) is 5.56 Å². The van der Waals surface area contributed by atoms with Gasteiger partial charge in [-0.25, -0.2) is 17.9 Å². The molecule has 12 heteroatoms. The highest BCUT2D eigenvalue weighted by molar-refractivity contribution is 7.89. The first-order valence-electron chi connectivity index (χ1n) is 14.2. The van der Waals surface area contributed by atoms with Gasteiger partial charge in [-0.15, -0.1) is 5.10 Å². The topological polar surface area (TPSA) is 136 Å². The Labute approximate surface area is 244 Å². The lowest BCUT2D eigenvalue weighted by atomic mass is 10.1. The van der Waals surface area contributed by atoms with E-state index >= 15 is 0 Å². The van der Waals surface area contributed by atoms with Gasteiger partial charge in [0.1, 0.15) is 18.1 Å². The van der Waals surface area contributed by atoms with Crippen molar-refractivity contribution in [2.75, 3.05) is 19.8 Å². The molecule has 1 fully saturated rings. The molecule has 42 heavy (non-hydrogen) atoms. The fraction of sp³-hybridized carbons (Fsp3) is 0.400. The number of imidazole rings is 1. The predicted molar refractivity (Wildman–Crippen MR) is 157 cm³/mol. The number of carbonyl (C=O) groups is 1. The van der Waals surface area contributed by atoms with E-state index in [1.807, 2.05) is 13.0 Å². The summed E-state index contributed by atoms with van der Waals surface area (Å²) in [5.74, 6) is 0.788. The molecule has 1 aliphatic rings. The van der Waals surface area contributed by atoms with E-state index in [0.29, 0.717) is 34.7 Å². The van der Waals surface area contributed by atoms with Crippen LogP contribution in [-0.4, -0.2) is 58.0 Å². The van der Waals surface area contributed by atoms with Gasteiger partial charge in [-0.3, -0.25) is 9.59 Å². The van der Waals surface area contributed by atoms with Crippen molar-refractivity contribution in [3.8, 4) is 17.1 Å². The molecule has 1 saturated carbocycles. The Morgan fingerprint density at radius 2 is 1.83 bits per heavy atom. The van der Waals surface area contributed by atoms with E-state index in [0.717, 1.165) is 35.8 Å². The van der Waals surface area contributed by atoms with Gasteiger partial charge in [0.05, 0.1) is 29.4 Å². The van der Waals surface area contributed by atoms with Crippen molar-refractivity contribution in [3.63, 3.8) is 0 Å². The van der Waals surface area contributed by atoms with Crippen LogP contribution in [0.15, 0.2) is 58.2 Å². The van der Waals surface area contributed by atoms with Gasteiger partial charge in [0.2, 0.25) is 10.0 Å². The molecule has 222 valence electrons. The second-order valence-electron chi connectivity index (χ2n) is 10.3. The van der Waals surface area contributed by atoms with Crippen LogP contribution >= 0.6 is 0 Å². The molecule has 2 heterocycles. The normalized spacial score (nSPS) is 14.1. The second kappa shape index (κ2) is 12.5. The highest BCUT2D eigenvalue weighted by Gasteiger charge is 2.30. The van der Waals surface area contributed by atoms with Crippen molar-refractivity contribution in [2.45, 2.75) is 63.8 Å². The number of rotatable bonds is 11. The average Bonchev–Trinajstić information content (AvgIpc) is 3.62. The van der Waals surface area contributed by atoms with Crippen LogP contribution in [0, 0.1) is 6.92 Å². The number of benzene rings is 2. The van der Waals surface area contributed by atoms with Gasteiger partial charge in [-0.05, 0) is 57.4 Å². The summed E-state index contributed by atoms with van der Waals surface area (Å²) in [6, 6.07) is 13.4. The monoisotopic (exact) mass is 593 g/mol. The van der Waals surface area contributed by atoms with Crippen LogP contribution in [-0.2, 0) is 26.1 Å². The number of sulfonamides is 1. The Kier molecular flexibility index (Phi) is 8.74. The third kappa shape index (κ3) is 5.95. The molecule has 0 spiro atoms. The van der Waals surface area contributed by atoms with Crippen LogP contribution in [0.5, 0.6) is 5.75 Å². The summed E-state index contributed by atoms with van der Waals surface area (Å²) in [5.41, 5.74) is 1.59. The zero-order chi connectivity index (χ0) is 29.9. The molecule has 0 unspecified atom stereocenters. The van der Waals surface area contributed by atoms with Crippen molar-refractivity contribution in [2.24, 2.45) is 0 Å². The quantitative estimate of drug-likeness (QED) is 0.256. The summed E-state index contributed by atoms with van der Waals surface area (Å²) in [7, 11) is -4.21. The number of esters is 1. The number of fused-ring (bicyclic) bond motifs is 1. The summed E-state index contributed by atoms with van der Waals surface area (Å²) in [4.78, 5) is 33.2. The van der Waals surface area contributed by atoms with Crippen molar-refractivity contribution < 1.29 is 22.7 Å². The lowest BCUT2D eigenvalue weighted by Crippen LogP contribution is -2.36. The molecule has 4 aromatic rings. The average molecular weight is 594 g/mol. The molecule has 0 atom stereocenters. The predicted octanol–water partition coefficient (Wildman–Crippen LogP) is 4.20. The fourth-order valence-electron chi connectivity index (χ4n) is 5.41. The molecule has 1 N–H and O–H groups in total. The minimum atomic E-state index is -4.21. The van der Waals surface area contributed by atoms with Gasteiger partial charge in [-0.1, -0.05) is 43.2 Å². The highest BCUT2D eigenvalue weighted by Crippen LogP contribution is 2.35. The molecule has 2 aromatic heterocycles. The van der Waals surface area contributed by atoms with E-state index in [2.05, 4.69) is 4.98 Å². The number of hydrogen-bond donors (Lipinski definition) is 1. The van der Waals surface area contributed by atoms with Gasteiger partial charge >= 0.3 is 5.97 Å². The number of nitrogens with one attached hydrogen (secondary N) is 1. The Morgan fingerprint density at radius 1 is 1.10 bits per heavy atom. The Bertz CT molecular complexity index is 1740. The van der Waals surface area contributed by atoms with Crippen LogP contribution in [0.25, 0.3) is 16.9 Å². The number of aryl methyl sites for hydroxylation is 1. The smallest absolute Gasteiger partial charge is 0.321 e. The van der Waals surface area contributed by atoms with Crippen molar-refractivity contribution in [1.82, 2.24) is 23.9 Å². The van der Waals surface area contributed by atoms with Gasteiger partial charge < -0.3 is 14.5 Å². The lowest BCUT2D eigenvalue weighted by Gasteiger charge is -2.22. The fourth-order valence-corrected chi connectivity index (χ4v) is 6.81. The number of aromatic amines is 1. The van der Waals surface area contributed by atoms with Crippen LogP contribution < -0.4 is 10.3 Å². The molecule has 0 amide bonds. The molecule has 5 rings (SSSR count). The van der Waals surface area contributed by atoms with E-state index in [-0.39, 0.29) is 35.3 Å². The number of H-pyrrole nitrogens is 1. The van der Waals surface area contributed by atoms with Crippen LogP contribution in [0.1, 0.15) is 62.5 Å². The standard InChI is InChI=1S/C30H35N5O6S/c1-4-40-25-16-15-23(42(38,39)34(19-26(36)41-5-2)18-21-11-7-6-8-12-21)17-24(25)28-32-30(37)27-20(3)31-29(35(27)33-28)22-13-9-10-14-22/h6-8,11-12,15-17,22H,4-5,9-10,13-14,18-19H2,1-3H3,(H,32,33,37). The lowest BCUT2D eigenvalue weighted by molar-refractivity contribution is -0.143.